The Kier molecular flexibility index (Phi) is 5.65. The van der Waals surface area contributed by atoms with E-state index in [9.17, 15) is 0 Å². The largest absolute Gasteiger partial charge is 0.496 e. The minimum atomic E-state index is 0.405. The van der Waals surface area contributed by atoms with Crippen molar-refractivity contribution in [2.75, 3.05) is 33.8 Å². The molecule has 3 heteroatoms. The monoisotopic (exact) mass is 290 g/mol. The van der Waals surface area contributed by atoms with E-state index >= 15 is 0 Å². The molecular formula is C18H30N2O. The molecule has 118 valence electrons. The van der Waals surface area contributed by atoms with Gasteiger partial charge in [0.05, 0.1) is 7.11 Å². The highest BCUT2D eigenvalue weighted by molar-refractivity contribution is 5.33. The zero-order valence-electron chi connectivity index (χ0n) is 14.0. The molecule has 1 aliphatic heterocycles. The zero-order valence-corrected chi connectivity index (χ0v) is 14.0. The van der Waals surface area contributed by atoms with Crippen molar-refractivity contribution < 1.29 is 4.74 Å². The Morgan fingerprint density at radius 1 is 1.38 bits per heavy atom. The predicted octanol–water partition coefficient (Wildman–Crippen LogP) is 2.95. The Labute approximate surface area is 129 Å². The molecule has 21 heavy (non-hydrogen) atoms. The zero-order chi connectivity index (χ0) is 15.3. The van der Waals surface area contributed by atoms with E-state index in [1.807, 2.05) is 6.07 Å². The minimum Gasteiger partial charge on any atom is -0.496 e. The van der Waals surface area contributed by atoms with Gasteiger partial charge in [0.1, 0.15) is 5.75 Å². The van der Waals surface area contributed by atoms with Gasteiger partial charge in [-0.05, 0) is 56.8 Å². The van der Waals surface area contributed by atoms with Gasteiger partial charge in [0.2, 0.25) is 0 Å². The lowest BCUT2D eigenvalue weighted by Gasteiger charge is -2.39. The Bertz CT molecular complexity index is 441. The van der Waals surface area contributed by atoms with Crippen molar-refractivity contribution in [3.63, 3.8) is 0 Å². The summed E-state index contributed by atoms with van der Waals surface area (Å²) in [4.78, 5) is 2.50. The topological polar surface area (TPSA) is 24.5 Å². The maximum absolute atomic E-state index is 5.47. The molecule has 1 heterocycles. The maximum atomic E-state index is 5.47. The van der Waals surface area contributed by atoms with Crippen LogP contribution in [0.15, 0.2) is 24.3 Å². The van der Waals surface area contributed by atoms with Crippen molar-refractivity contribution in [1.29, 1.82) is 0 Å². The smallest absolute Gasteiger partial charge is 0.122 e. The van der Waals surface area contributed by atoms with Gasteiger partial charge in [-0.3, -0.25) is 0 Å². The van der Waals surface area contributed by atoms with E-state index in [0.29, 0.717) is 11.5 Å². The lowest BCUT2D eigenvalue weighted by Crippen LogP contribution is -2.47. The van der Waals surface area contributed by atoms with Crippen LogP contribution in [-0.4, -0.2) is 44.7 Å². The highest BCUT2D eigenvalue weighted by Crippen LogP contribution is 2.28. The molecule has 0 radical (unpaired) electrons. The van der Waals surface area contributed by atoms with Crippen LogP contribution in [0.4, 0.5) is 0 Å². The minimum absolute atomic E-state index is 0.405. The van der Waals surface area contributed by atoms with Crippen LogP contribution in [0.2, 0.25) is 0 Å². The number of ether oxygens (including phenoxy) is 1. The number of hydrogen-bond acceptors (Lipinski definition) is 3. The standard InChI is InChI=1S/C18H30N2O/c1-15(12-16-8-5-6-9-17(16)21-4)20(3)14-18(2)10-7-11-19-13-18/h5-6,8-9,15,19H,7,10-14H2,1-4H3. The van der Waals surface area contributed by atoms with Gasteiger partial charge >= 0.3 is 0 Å². The fourth-order valence-electron chi connectivity index (χ4n) is 3.36. The molecule has 1 aromatic carbocycles. The number of hydrogen-bond donors (Lipinski definition) is 1. The summed E-state index contributed by atoms with van der Waals surface area (Å²) in [6.45, 7) is 8.18. The van der Waals surface area contributed by atoms with Gasteiger partial charge < -0.3 is 15.0 Å². The first-order chi connectivity index (χ1) is 10.0. The van der Waals surface area contributed by atoms with Crippen LogP contribution in [0.3, 0.4) is 0 Å². The van der Waals surface area contributed by atoms with Crippen LogP contribution in [0.5, 0.6) is 5.75 Å². The summed E-state index contributed by atoms with van der Waals surface area (Å²) < 4.78 is 5.47. The Hall–Kier alpha value is -1.06. The lowest BCUT2D eigenvalue weighted by molar-refractivity contribution is 0.126. The fraction of sp³-hybridized carbons (Fsp3) is 0.667. The van der Waals surface area contributed by atoms with E-state index in [-0.39, 0.29) is 0 Å². The van der Waals surface area contributed by atoms with Crippen LogP contribution in [-0.2, 0) is 6.42 Å². The number of rotatable bonds is 6. The van der Waals surface area contributed by atoms with Gasteiger partial charge in [0.25, 0.3) is 0 Å². The number of likely N-dealkylation sites (N-methyl/N-ethyl adjacent to an activating group) is 1. The third-order valence-electron chi connectivity index (χ3n) is 4.78. The molecule has 1 saturated heterocycles. The average molecular weight is 290 g/mol. The summed E-state index contributed by atoms with van der Waals surface area (Å²) in [5, 5.41) is 3.54. The van der Waals surface area contributed by atoms with Gasteiger partial charge in [-0.1, -0.05) is 25.1 Å². The summed E-state index contributed by atoms with van der Waals surface area (Å²) in [6.07, 6.45) is 3.65. The fourth-order valence-corrected chi connectivity index (χ4v) is 3.36. The van der Waals surface area contributed by atoms with Gasteiger partial charge in [-0.25, -0.2) is 0 Å². The Morgan fingerprint density at radius 3 is 2.81 bits per heavy atom. The maximum Gasteiger partial charge on any atom is 0.122 e. The van der Waals surface area contributed by atoms with E-state index < -0.39 is 0 Å². The van der Waals surface area contributed by atoms with E-state index in [1.54, 1.807) is 7.11 Å². The first kappa shape index (κ1) is 16.3. The SMILES string of the molecule is COc1ccccc1CC(C)N(C)CC1(C)CCCNC1. The number of para-hydroxylation sites is 1. The van der Waals surface area contributed by atoms with Crippen LogP contribution in [0.1, 0.15) is 32.3 Å². The van der Waals surface area contributed by atoms with Crippen LogP contribution in [0.25, 0.3) is 0 Å². The number of nitrogens with zero attached hydrogens (tertiary/aromatic N) is 1. The second-order valence-corrected chi connectivity index (χ2v) is 6.87. The molecule has 1 aliphatic rings. The van der Waals surface area contributed by atoms with Crippen LogP contribution < -0.4 is 10.1 Å². The third-order valence-corrected chi connectivity index (χ3v) is 4.78. The van der Waals surface area contributed by atoms with Crippen LogP contribution in [0, 0.1) is 5.41 Å². The Morgan fingerprint density at radius 2 is 2.14 bits per heavy atom. The number of nitrogens with one attached hydrogen (secondary N) is 1. The molecule has 0 saturated carbocycles. The van der Waals surface area contributed by atoms with Crippen molar-refractivity contribution in [2.24, 2.45) is 5.41 Å². The highest BCUT2D eigenvalue weighted by atomic mass is 16.5. The van der Waals surface area contributed by atoms with E-state index in [1.165, 1.54) is 24.9 Å². The van der Waals surface area contributed by atoms with Crippen molar-refractivity contribution in [2.45, 2.75) is 39.2 Å². The molecule has 2 rings (SSSR count). The van der Waals surface area contributed by atoms with Crippen molar-refractivity contribution in [1.82, 2.24) is 10.2 Å². The highest BCUT2D eigenvalue weighted by Gasteiger charge is 2.29. The molecule has 1 aromatic rings. The number of piperidine rings is 1. The van der Waals surface area contributed by atoms with Crippen molar-refractivity contribution in [3.05, 3.63) is 29.8 Å². The Balaban J connectivity index is 1.94. The summed E-state index contributed by atoms with van der Waals surface area (Å²) in [6, 6.07) is 8.86. The van der Waals surface area contributed by atoms with E-state index in [2.05, 4.69) is 49.3 Å². The molecule has 0 spiro atoms. The molecule has 2 atom stereocenters. The van der Waals surface area contributed by atoms with Crippen molar-refractivity contribution in [3.8, 4) is 5.75 Å². The number of benzene rings is 1. The molecule has 1 N–H and O–H groups in total. The van der Waals surface area contributed by atoms with Crippen LogP contribution >= 0.6 is 0 Å². The second kappa shape index (κ2) is 7.28. The molecular weight excluding hydrogens is 260 g/mol. The quantitative estimate of drug-likeness (QED) is 0.872. The molecule has 0 amide bonds. The van der Waals surface area contributed by atoms with Gasteiger partial charge in [-0.2, -0.15) is 0 Å². The van der Waals surface area contributed by atoms with E-state index in [4.69, 9.17) is 4.74 Å². The molecule has 0 bridgehead atoms. The molecule has 0 aromatic heterocycles. The predicted molar refractivity (Wildman–Crippen MR) is 89.0 cm³/mol. The first-order valence-corrected chi connectivity index (χ1v) is 8.07. The van der Waals surface area contributed by atoms with Gasteiger partial charge in [0.15, 0.2) is 0 Å². The van der Waals surface area contributed by atoms with Gasteiger partial charge in [-0.15, -0.1) is 0 Å². The summed E-state index contributed by atoms with van der Waals surface area (Å²) in [5.41, 5.74) is 1.70. The van der Waals surface area contributed by atoms with Crippen molar-refractivity contribution >= 4 is 0 Å². The lowest BCUT2D eigenvalue weighted by atomic mass is 9.82. The average Bonchev–Trinajstić information content (AvgIpc) is 2.48. The van der Waals surface area contributed by atoms with E-state index in [0.717, 1.165) is 25.3 Å². The molecule has 3 nitrogen and oxygen atoms in total. The second-order valence-electron chi connectivity index (χ2n) is 6.87. The normalized spacial score (nSPS) is 24.0. The summed E-state index contributed by atoms with van der Waals surface area (Å²) in [7, 11) is 4.00. The van der Waals surface area contributed by atoms with Gasteiger partial charge in [0, 0.05) is 19.1 Å². The first-order valence-electron chi connectivity index (χ1n) is 8.07. The summed E-state index contributed by atoms with van der Waals surface area (Å²) in [5.74, 6) is 1.00. The number of methoxy groups -OCH3 is 1. The molecule has 2 unspecified atom stereocenters. The molecule has 0 aliphatic carbocycles. The summed E-state index contributed by atoms with van der Waals surface area (Å²) >= 11 is 0. The molecule has 1 fully saturated rings. The third kappa shape index (κ3) is 4.45.